The lowest BCUT2D eigenvalue weighted by molar-refractivity contribution is -0.139. The van der Waals surface area contributed by atoms with E-state index in [1.54, 1.807) is 37.3 Å². The van der Waals surface area contributed by atoms with Crippen molar-refractivity contribution in [3.05, 3.63) is 53.1 Å². The zero-order valence-electron chi connectivity index (χ0n) is 21.4. The van der Waals surface area contributed by atoms with E-state index in [4.69, 9.17) is 21.1 Å². The third-order valence-corrected chi connectivity index (χ3v) is 6.99. The van der Waals surface area contributed by atoms with Crippen molar-refractivity contribution in [1.29, 1.82) is 0 Å². The topological polar surface area (TPSA) is 105 Å². The van der Waals surface area contributed by atoms with Crippen LogP contribution in [0.5, 0.6) is 11.5 Å². The molecule has 9 nitrogen and oxygen atoms in total. The number of halogens is 1. The van der Waals surface area contributed by atoms with Crippen LogP contribution in [0.3, 0.4) is 0 Å². The van der Waals surface area contributed by atoms with Crippen LogP contribution in [0.4, 0.5) is 5.69 Å². The van der Waals surface area contributed by atoms with Crippen molar-refractivity contribution in [2.75, 3.05) is 37.9 Å². The highest BCUT2D eigenvalue weighted by atomic mass is 35.5. The molecule has 2 aromatic carbocycles. The number of benzene rings is 2. The molecule has 2 aromatic rings. The lowest BCUT2D eigenvalue weighted by atomic mass is 10.1. The fraction of sp³-hybridized carbons (Fsp3) is 0.440. The van der Waals surface area contributed by atoms with Crippen LogP contribution in [0, 0.1) is 5.92 Å². The average molecular weight is 540 g/mol. The van der Waals surface area contributed by atoms with Crippen molar-refractivity contribution in [2.45, 2.75) is 33.4 Å². The summed E-state index contributed by atoms with van der Waals surface area (Å²) in [7, 11) is -0.980. The van der Waals surface area contributed by atoms with E-state index in [0.717, 1.165) is 10.6 Å². The number of nitrogens with zero attached hydrogens (tertiary/aromatic N) is 2. The summed E-state index contributed by atoms with van der Waals surface area (Å²) in [5.74, 6) is 0.0328. The van der Waals surface area contributed by atoms with E-state index < -0.39 is 28.5 Å². The Morgan fingerprint density at radius 2 is 1.67 bits per heavy atom. The van der Waals surface area contributed by atoms with Gasteiger partial charge in [-0.05, 0) is 36.6 Å². The van der Waals surface area contributed by atoms with Crippen LogP contribution in [0.2, 0.25) is 5.02 Å². The molecule has 0 radical (unpaired) electrons. The van der Waals surface area contributed by atoms with E-state index in [1.807, 2.05) is 13.8 Å². The third-order valence-electron chi connectivity index (χ3n) is 5.48. The van der Waals surface area contributed by atoms with E-state index in [0.29, 0.717) is 28.6 Å². The first-order chi connectivity index (χ1) is 16.9. The summed E-state index contributed by atoms with van der Waals surface area (Å²) < 4.78 is 36.9. The summed E-state index contributed by atoms with van der Waals surface area (Å²) in [6.07, 6.45) is 1.01. The van der Waals surface area contributed by atoms with Crippen molar-refractivity contribution in [3.63, 3.8) is 0 Å². The summed E-state index contributed by atoms with van der Waals surface area (Å²) in [5, 5.41) is 3.27. The maximum Gasteiger partial charge on any atom is 0.244 e. The number of methoxy groups -OCH3 is 2. The van der Waals surface area contributed by atoms with Gasteiger partial charge in [-0.15, -0.1) is 0 Å². The van der Waals surface area contributed by atoms with Gasteiger partial charge in [0.1, 0.15) is 12.6 Å². The predicted octanol–water partition coefficient (Wildman–Crippen LogP) is 3.31. The van der Waals surface area contributed by atoms with E-state index in [2.05, 4.69) is 5.32 Å². The molecule has 2 amide bonds. The molecule has 0 bridgehead atoms. The minimum absolute atomic E-state index is 0.0261. The van der Waals surface area contributed by atoms with Crippen molar-refractivity contribution in [3.8, 4) is 11.5 Å². The van der Waals surface area contributed by atoms with E-state index in [9.17, 15) is 18.0 Å². The summed E-state index contributed by atoms with van der Waals surface area (Å²) in [6, 6.07) is 10.7. The van der Waals surface area contributed by atoms with Gasteiger partial charge in [0.05, 0.1) is 26.2 Å². The van der Waals surface area contributed by atoms with Crippen molar-refractivity contribution in [2.24, 2.45) is 5.92 Å². The summed E-state index contributed by atoms with van der Waals surface area (Å²) in [5.41, 5.74) is 0.853. The Morgan fingerprint density at radius 3 is 2.22 bits per heavy atom. The second kappa shape index (κ2) is 12.8. The first-order valence-corrected chi connectivity index (χ1v) is 13.6. The van der Waals surface area contributed by atoms with Gasteiger partial charge in [-0.3, -0.25) is 13.9 Å². The molecule has 0 aromatic heterocycles. The molecule has 0 unspecified atom stereocenters. The molecule has 0 saturated heterocycles. The van der Waals surface area contributed by atoms with Crippen molar-refractivity contribution in [1.82, 2.24) is 10.2 Å². The Morgan fingerprint density at radius 1 is 1.03 bits per heavy atom. The minimum atomic E-state index is -3.88. The molecule has 0 heterocycles. The lowest BCUT2D eigenvalue weighted by Gasteiger charge is -2.32. The standard InChI is InChI=1S/C25H34ClN3O6S/c1-17(2)14-27-25(31)18(3)28(15-19-9-7-8-10-21(19)26)24(30)16-29(36(6,32)33)20-11-12-22(34-4)23(13-20)35-5/h7-13,17-18H,14-16H2,1-6H3,(H,27,31)/t18-/m1/s1. The van der Waals surface area contributed by atoms with Gasteiger partial charge in [-0.1, -0.05) is 43.6 Å². The summed E-state index contributed by atoms with van der Waals surface area (Å²) >= 11 is 6.33. The molecule has 198 valence electrons. The van der Waals surface area contributed by atoms with Gasteiger partial charge in [-0.25, -0.2) is 8.42 Å². The van der Waals surface area contributed by atoms with Crippen LogP contribution in [0.25, 0.3) is 0 Å². The molecule has 11 heteroatoms. The maximum atomic E-state index is 13.6. The van der Waals surface area contributed by atoms with Gasteiger partial charge in [0.15, 0.2) is 11.5 Å². The molecule has 2 rings (SSSR count). The van der Waals surface area contributed by atoms with Crippen LogP contribution in [-0.4, -0.2) is 64.7 Å². The number of anilines is 1. The Hall–Kier alpha value is -2.98. The Bertz CT molecular complexity index is 1170. The third kappa shape index (κ3) is 7.76. The molecule has 0 spiro atoms. The molecule has 36 heavy (non-hydrogen) atoms. The summed E-state index contributed by atoms with van der Waals surface area (Å²) in [4.78, 5) is 27.8. The zero-order valence-corrected chi connectivity index (χ0v) is 23.0. The second-order valence-corrected chi connectivity index (χ2v) is 11.1. The van der Waals surface area contributed by atoms with E-state index in [-0.39, 0.29) is 24.1 Å². The van der Waals surface area contributed by atoms with Gasteiger partial charge in [0, 0.05) is 24.2 Å². The van der Waals surface area contributed by atoms with Gasteiger partial charge in [0.25, 0.3) is 0 Å². The van der Waals surface area contributed by atoms with Crippen LogP contribution in [-0.2, 0) is 26.2 Å². The highest BCUT2D eigenvalue weighted by Crippen LogP contribution is 2.32. The van der Waals surface area contributed by atoms with Crippen LogP contribution >= 0.6 is 11.6 Å². The number of hydrogen-bond donors (Lipinski definition) is 1. The van der Waals surface area contributed by atoms with Crippen LogP contribution in [0.1, 0.15) is 26.3 Å². The Balaban J connectivity index is 2.43. The van der Waals surface area contributed by atoms with Crippen LogP contribution in [0.15, 0.2) is 42.5 Å². The molecule has 1 N–H and O–H groups in total. The van der Waals surface area contributed by atoms with Crippen LogP contribution < -0.4 is 19.1 Å². The number of carbonyl (C=O) groups is 2. The smallest absolute Gasteiger partial charge is 0.244 e. The summed E-state index contributed by atoms with van der Waals surface area (Å²) in [6.45, 7) is 5.47. The lowest BCUT2D eigenvalue weighted by Crippen LogP contribution is -2.51. The SMILES string of the molecule is COc1ccc(N(CC(=O)N(Cc2ccccc2Cl)[C@H](C)C(=O)NCC(C)C)S(C)(=O)=O)cc1OC. The predicted molar refractivity (Wildman–Crippen MR) is 141 cm³/mol. The molecule has 0 saturated carbocycles. The number of sulfonamides is 1. The van der Waals surface area contributed by atoms with E-state index >= 15 is 0 Å². The minimum Gasteiger partial charge on any atom is -0.493 e. The Kier molecular flexibility index (Phi) is 10.4. The fourth-order valence-corrected chi connectivity index (χ4v) is 4.48. The van der Waals surface area contributed by atoms with Gasteiger partial charge < -0.3 is 19.7 Å². The fourth-order valence-electron chi connectivity index (χ4n) is 3.44. The normalized spacial score (nSPS) is 12.1. The Labute approximate surface area is 218 Å². The molecule has 0 aliphatic carbocycles. The highest BCUT2D eigenvalue weighted by Gasteiger charge is 2.30. The second-order valence-electron chi connectivity index (χ2n) is 8.74. The molecular weight excluding hydrogens is 506 g/mol. The molecule has 0 fully saturated rings. The highest BCUT2D eigenvalue weighted by molar-refractivity contribution is 7.92. The monoisotopic (exact) mass is 539 g/mol. The zero-order chi connectivity index (χ0) is 27.0. The maximum absolute atomic E-state index is 13.6. The number of ether oxygens (including phenoxy) is 2. The number of hydrogen-bond acceptors (Lipinski definition) is 6. The van der Waals surface area contributed by atoms with Gasteiger partial charge >= 0.3 is 0 Å². The average Bonchev–Trinajstić information content (AvgIpc) is 2.83. The van der Waals surface area contributed by atoms with Crippen molar-refractivity contribution >= 4 is 39.1 Å². The molecule has 1 atom stereocenters. The molecule has 0 aliphatic heterocycles. The largest absolute Gasteiger partial charge is 0.493 e. The number of amides is 2. The molecule has 0 aliphatic rings. The molecular formula is C25H34ClN3O6S. The number of nitrogens with one attached hydrogen (secondary N) is 1. The number of rotatable bonds is 12. The van der Waals surface area contributed by atoms with E-state index in [1.165, 1.54) is 31.3 Å². The first-order valence-electron chi connectivity index (χ1n) is 11.4. The first kappa shape index (κ1) is 29.3. The van der Waals surface area contributed by atoms with Crippen molar-refractivity contribution < 1.29 is 27.5 Å². The number of carbonyl (C=O) groups excluding carboxylic acids is 2. The van der Waals surface area contributed by atoms with Gasteiger partial charge in [0.2, 0.25) is 21.8 Å². The van der Waals surface area contributed by atoms with Gasteiger partial charge in [-0.2, -0.15) is 0 Å². The quantitative estimate of drug-likeness (QED) is 0.443.